The number of rotatable bonds is 5. The monoisotopic (exact) mass is 323 g/mol. The molecule has 0 heterocycles. The van der Waals surface area contributed by atoms with E-state index in [1.807, 2.05) is 18.2 Å². The Morgan fingerprint density at radius 3 is 2.76 bits per heavy atom. The van der Waals surface area contributed by atoms with Crippen molar-refractivity contribution in [1.29, 1.82) is 0 Å². The molecule has 0 aliphatic carbocycles. The number of benzene rings is 2. The van der Waals surface area contributed by atoms with Crippen LogP contribution < -0.4 is 5.32 Å². The Morgan fingerprint density at radius 2 is 2.00 bits per heavy atom. The molecule has 0 radical (unpaired) electrons. The first-order valence-corrected chi connectivity index (χ1v) is 7.46. The molecule has 5 heteroatoms. The van der Waals surface area contributed by atoms with Crippen LogP contribution in [0.2, 0.25) is 5.02 Å². The normalized spacial score (nSPS) is 10.4. The van der Waals surface area contributed by atoms with E-state index in [4.69, 9.17) is 23.2 Å². The van der Waals surface area contributed by atoms with Gasteiger partial charge in [0.15, 0.2) is 0 Å². The van der Waals surface area contributed by atoms with E-state index in [1.54, 1.807) is 6.07 Å². The number of nitrogens with one attached hydrogen (secondary N) is 1. The number of carbonyl (C=O) groups is 1. The predicted octanol–water partition coefficient (Wildman–Crippen LogP) is 4.47. The van der Waals surface area contributed by atoms with Crippen LogP contribution in [-0.2, 0) is 6.42 Å². The number of carbonyl (C=O) groups excluding carboxylic acids is 1. The average Bonchev–Trinajstić information content (AvgIpc) is 2.48. The van der Waals surface area contributed by atoms with Crippen molar-refractivity contribution in [3.05, 3.63) is 58.6 Å². The molecular weight excluding hydrogens is 309 g/mol. The number of hydrogen-bond acceptors (Lipinski definition) is 2. The number of phenolic OH excluding ortho intramolecular Hbond substituents is 1. The fraction of sp³-hybridized carbons (Fsp3) is 0.188. The SMILES string of the molecule is O=C(Nc1cccc(CCCCl)c1)c1cc(Cl)ccc1O. The third-order valence-corrected chi connectivity index (χ3v) is 3.49. The quantitative estimate of drug-likeness (QED) is 0.797. The van der Waals surface area contributed by atoms with Crippen molar-refractivity contribution in [2.45, 2.75) is 12.8 Å². The summed E-state index contributed by atoms with van der Waals surface area (Å²) in [5.74, 6) is 0.104. The highest BCUT2D eigenvalue weighted by Crippen LogP contribution is 2.23. The summed E-state index contributed by atoms with van der Waals surface area (Å²) in [7, 11) is 0. The van der Waals surface area contributed by atoms with Gasteiger partial charge in [0.1, 0.15) is 5.75 Å². The average molecular weight is 324 g/mol. The Bertz CT molecular complexity index is 644. The minimum atomic E-state index is -0.399. The van der Waals surface area contributed by atoms with E-state index in [1.165, 1.54) is 18.2 Å². The van der Waals surface area contributed by atoms with Crippen LogP contribution in [-0.4, -0.2) is 16.9 Å². The van der Waals surface area contributed by atoms with E-state index in [9.17, 15) is 9.90 Å². The summed E-state index contributed by atoms with van der Waals surface area (Å²) in [6, 6.07) is 11.9. The van der Waals surface area contributed by atoms with Gasteiger partial charge in [-0.15, -0.1) is 11.6 Å². The van der Waals surface area contributed by atoms with Crippen LogP contribution in [0.15, 0.2) is 42.5 Å². The van der Waals surface area contributed by atoms with Gasteiger partial charge in [-0.25, -0.2) is 0 Å². The van der Waals surface area contributed by atoms with Gasteiger partial charge in [-0.2, -0.15) is 0 Å². The molecule has 21 heavy (non-hydrogen) atoms. The zero-order valence-corrected chi connectivity index (χ0v) is 12.8. The zero-order chi connectivity index (χ0) is 15.2. The number of alkyl halides is 1. The largest absolute Gasteiger partial charge is 0.507 e. The van der Waals surface area contributed by atoms with E-state index in [0.717, 1.165) is 18.4 Å². The van der Waals surface area contributed by atoms with Crippen molar-refractivity contribution in [3.63, 3.8) is 0 Å². The minimum absolute atomic E-state index is 0.102. The third-order valence-electron chi connectivity index (χ3n) is 2.99. The number of amides is 1. The number of anilines is 1. The lowest BCUT2D eigenvalue weighted by Crippen LogP contribution is -2.12. The fourth-order valence-electron chi connectivity index (χ4n) is 1.96. The van der Waals surface area contributed by atoms with Crippen molar-refractivity contribution in [2.75, 3.05) is 11.2 Å². The molecule has 0 aliphatic heterocycles. The maximum Gasteiger partial charge on any atom is 0.259 e. The predicted molar refractivity (Wildman–Crippen MR) is 86.6 cm³/mol. The molecule has 0 unspecified atom stereocenters. The first-order chi connectivity index (χ1) is 10.1. The van der Waals surface area contributed by atoms with Gasteiger partial charge in [0.2, 0.25) is 0 Å². The van der Waals surface area contributed by atoms with Crippen molar-refractivity contribution in [3.8, 4) is 5.75 Å². The molecule has 2 rings (SSSR count). The zero-order valence-electron chi connectivity index (χ0n) is 11.3. The summed E-state index contributed by atoms with van der Waals surface area (Å²) in [4.78, 5) is 12.2. The number of aromatic hydroxyl groups is 1. The maximum absolute atomic E-state index is 12.2. The second-order valence-electron chi connectivity index (χ2n) is 4.61. The fourth-order valence-corrected chi connectivity index (χ4v) is 2.27. The van der Waals surface area contributed by atoms with Crippen LogP contribution in [0.25, 0.3) is 0 Å². The summed E-state index contributed by atoms with van der Waals surface area (Å²) < 4.78 is 0. The second-order valence-corrected chi connectivity index (χ2v) is 5.42. The van der Waals surface area contributed by atoms with Crippen molar-refractivity contribution in [1.82, 2.24) is 0 Å². The van der Waals surface area contributed by atoms with Crippen LogP contribution in [0.4, 0.5) is 5.69 Å². The second kappa shape index (κ2) is 7.34. The van der Waals surface area contributed by atoms with Gasteiger partial charge in [-0.3, -0.25) is 4.79 Å². The maximum atomic E-state index is 12.2. The summed E-state index contributed by atoms with van der Waals surface area (Å²) in [5.41, 5.74) is 1.92. The molecule has 1 amide bonds. The Kier molecular flexibility index (Phi) is 5.48. The van der Waals surface area contributed by atoms with Gasteiger partial charge in [0.05, 0.1) is 5.56 Å². The first kappa shape index (κ1) is 15.7. The van der Waals surface area contributed by atoms with Crippen LogP contribution in [0.3, 0.4) is 0 Å². The molecule has 0 bridgehead atoms. The number of phenols is 1. The molecule has 0 saturated carbocycles. The van der Waals surface area contributed by atoms with Crippen LogP contribution in [0.5, 0.6) is 5.75 Å². The Labute approximate surface area is 133 Å². The van der Waals surface area contributed by atoms with Crippen LogP contribution >= 0.6 is 23.2 Å². The van der Waals surface area contributed by atoms with Gasteiger partial charge >= 0.3 is 0 Å². The molecule has 0 spiro atoms. The summed E-state index contributed by atoms with van der Waals surface area (Å²) >= 11 is 11.5. The van der Waals surface area contributed by atoms with Gasteiger partial charge in [-0.05, 0) is 48.7 Å². The number of halogens is 2. The lowest BCUT2D eigenvalue weighted by atomic mass is 10.1. The highest BCUT2D eigenvalue weighted by atomic mass is 35.5. The highest BCUT2D eigenvalue weighted by Gasteiger charge is 2.12. The lowest BCUT2D eigenvalue weighted by molar-refractivity contribution is 0.102. The van der Waals surface area contributed by atoms with Gasteiger partial charge in [0, 0.05) is 16.6 Å². The summed E-state index contributed by atoms with van der Waals surface area (Å²) in [6.45, 7) is 0. The highest BCUT2D eigenvalue weighted by molar-refractivity contribution is 6.31. The lowest BCUT2D eigenvalue weighted by Gasteiger charge is -2.09. The summed E-state index contributed by atoms with van der Waals surface area (Å²) in [6.07, 6.45) is 1.74. The molecule has 2 aromatic carbocycles. The molecule has 0 saturated heterocycles. The Hall–Kier alpha value is -1.71. The summed E-state index contributed by atoms with van der Waals surface area (Å²) in [5, 5.41) is 12.9. The van der Waals surface area contributed by atoms with Crippen molar-refractivity contribution < 1.29 is 9.90 Å². The molecule has 2 N–H and O–H groups in total. The van der Waals surface area contributed by atoms with Gasteiger partial charge < -0.3 is 10.4 Å². The molecule has 110 valence electrons. The molecular formula is C16H15Cl2NO2. The molecule has 2 aromatic rings. The Morgan fingerprint density at radius 1 is 1.19 bits per heavy atom. The van der Waals surface area contributed by atoms with E-state index in [-0.39, 0.29) is 11.3 Å². The molecule has 0 fully saturated rings. The standard InChI is InChI=1S/C16H15Cl2NO2/c17-8-2-4-11-3-1-5-13(9-11)19-16(21)14-10-12(18)6-7-15(14)20/h1,3,5-7,9-10,20H,2,4,8H2,(H,19,21). The van der Waals surface area contributed by atoms with Crippen LogP contribution in [0.1, 0.15) is 22.3 Å². The minimum Gasteiger partial charge on any atom is -0.507 e. The smallest absolute Gasteiger partial charge is 0.259 e. The molecule has 0 aromatic heterocycles. The topological polar surface area (TPSA) is 49.3 Å². The molecule has 3 nitrogen and oxygen atoms in total. The van der Waals surface area contributed by atoms with E-state index in [2.05, 4.69) is 5.32 Å². The van der Waals surface area contributed by atoms with Gasteiger partial charge in [-0.1, -0.05) is 23.7 Å². The van der Waals surface area contributed by atoms with Gasteiger partial charge in [0.25, 0.3) is 5.91 Å². The third kappa shape index (κ3) is 4.38. The number of hydrogen-bond donors (Lipinski definition) is 2. The van der Waals surface area contributed by atoms with E-state index in [0.29, 0.717) is 16.6 Å². The van der Waals surface area contributed by atoms with Crippen LogP contribution in [0, 0.1) is 0 Å². The van der Waals surface area contributed by atoms with E-state index < -0.39 is 5.91 Å². The van der Waals surface area contributed by atoms with Crippen molar-refractivity contribution >= 4 is 34.8 Å². The Balaban J connectivity index is 2.14. The number of aryl methyl sites for hydroxylation is 1. The van der Waals surface area contributed by atoms with Crippen molar-refractivity contribution in [2.24, 2.45) is 0 Å². The molecule has 0 aliphatic rings. The molecule has 0 atom stereocenters. The van der Waals surface area contributed by atoms with E-state index >= 15 is 0 Å². The first-order valence-electron chi connectivity index (χ1n) is 6.55.